The number of hydrazone groups is 1. The second-order valence-corrected chi connectivity index (χ2v) is 7.36. The zero-order valence-corrected chi connectivity index (χ0v) is 14.7. The zero-order chi connectivity index (χ0) is 17.2. The molecule has 1 aromatic carbocycles. The number of nitrogens with one attached hydrogen (secondary N) is 1. The summed E-state index contributed by atoms with van der Waals surface area (Å²) in [5.74, 6) is -0.282. The molecule has 1 heterocycles. The molecule has 1 aliphatic heterocycles. The van der Waals surface area contributed by atoms with Crippen molar-refractivity contribution in [1.82, 2.24) is 10.3 Å². The van der Waals surface area contributed by atoms with Gasteiger partial charge in [0.25, 0.3) is 0 Å². The number of hydrogen-bond acceptors (Lipinski definition) is 4. The molecule has 1 fully saturated rings. The maximum atomic E-state index is 12.2. The Hall–Kier alpha value is -2.08. The fourth-order valence-corrected chi connectivity index (χ4v) is 4.68. The molecule has 2 aliphatic rings. The molecule has 0 aromatic heterocycles. The summed E-state index contributed by atoms with van der Waals surface area (Å²) in [7, 11) is 0. The normalized spacial score (nSPS) is 25.0. The Labute approximate surface area is 146 Å². The molecule has 6 heteroatoms. The summed E-state index contributed by atoms with van der Waals surface area (Å²) in [5.41, 5.74) is 2.30. The molecule has 24 heavy (non-hydrogen) atoms. The van der Waals surface area contributed by atoms with E-state index >= 15 is 0 Å². The summed E-state index contributed by atoms with van der Waals surface area (Å²) in [6.45, 7) is 2.98. The summed E-state index contributed by atoms with van der Waals surface area (Å²) in [6, 6.07) is 10.1. The van der Waals surface area contributed by atoms with Crippen LogP contribution in [-0.2, 0) is 9.59 Å². The van der Waals surface area contributed by atoms with Crippen molar-refractivity contribution in [2.45, 2.75) is 44.4 Å². The molecule has 5 nitrogen and oxygen atoms in total. The fourth-order valence-electron chi connectivity index (χ4n) is 3.25. The van der Waals surface area contributed by atoms with E-state index in [0.29, 0.717) is 5.17 Å². The second-order valence-electron chi connectivity index (χ2n) is 6.09. The molecule has 0 radical (unpaired) electrons. The predicted octanol–water partition coefficient (Wildman–Crippen LogP) is 3.34. The number of hydrogen-bond donors (Lipinski definition) is 1. The topological polar surface area (TPSA) is 61.8 Å². The smallest absolute Gasteiger partial charge is 0.241 e. The van der Waals surface area contributed by atoms with Gasteiger partial charge in [0.1, 0.15) is 4.87 Å². The summed E-state index contributed by atoms with van der Waals surface area (Å²) in [4.78, 5) is 23.1. The lowest BCUT2D eigenvalue weighted by atomic mass is 9.87. The Bertz CT molecular complexity index is 714. The van der Waals surface area contributed by atoms with Crippen molar-refractivity contribution in [3.8, 4) is 0 Å². The Balaban J connectivity index is 1.99. The quantitative estimate of drug-likeness (QED) is 0.851. The Kier molecular flexibility index (Phi) is 4.76. The van der Waals surface area contributed by atoms with Crippen LogP contribution < -0.4 is 5.32 Å². The van der Waals surface area contributed by atoms with E-state index in [1.807, 2.05) is 18.2 Å². The maximum absolute atomic E-state index is 12.2. The van der Waals surface area contributed by atoms with E-state index in [2.05, 4.69) is 28.6 Å². The minimum absolute atomic E-state index is 0.108. The molecular weight excluding hydrogens is 322 g/mol. The van der Waals surface area contributed by atoms with Gasteiger partial charge in [0.05, 0.1) is 0 Å². The van der Waals surface area contributed by atoms with Gasteiger partial charge in [0, 0.05) is 13.8 Å². The second kappa shape index (κ2) is 6.81. The van der Waals surface area contributed by atoms with E-state index < -0.39 is 4.87 Å². The van der Waals surface area contributed by atoms with Gasteiger partial charge in [-0.15, -0.1) is 5.10 Å². The first-order valence-electron chi connectivity index (χ1n) is 8.13. The van der Waals surface area contributed by atoms with Crippen molar-refractivity contribution < 1.29 is 9.59 Å². The number of carbonyl (C=O) groups is 2. The third-order valence-electron chi connectivity index (χ3n) is 4.23. The molecule has 0 saturated heterocycles. The maximum Gasteiger partial charge on any atom is 0.241 e. The van der Waals surface area contributed by atoms with Crippen LogP contribution in [0.15, 0.2) is 41.0 Å². The number of nitrogens with zero attached hydrogens (tertiary/aromatic N) is 2. The van der Waals surface area contributed by atoms with E-state index in [-0.39, 0.29) is 11.8 Å². The molecular formula is C18H21N3O2S. The van der Waals surface area contributed by atoms with Gasteiger partial charge in [-0.25, -0.2) is 5.01 Å². The van der Waals surface area contributed by atoms with Gasteiger partial charge in [-0.05, 0) is 36.8 Å². The molecule has 0 bridgehead atoms. The molecule has 1 N–H and O–H groups in total. The van der Waals surface area contributed by atoms with E-state index in [1.165, 1.54) is 31.2 Å². The van der Waals surface area contributed by atoms with Crippen LogP contribution in [0.2, 0.25) is 0 Å². The number of amides is 2. The fraction of sp³-hybridized carbons (Fsp3) is 0.389. The minimum atomic E-state index is -0.516. The van der Waals surface area contributed by atoms with Crippen molar-refractivity contribution in [2.75, 3.05) is 0 Å². The lowest BCUT2D eigenvalue weighted by Crippen LogP contribution is -2.45. The highest BCUT2D eigenvalue weighted by Crippen LogP contribution is 2.50. The summed E-state index contributed by atoms with van der Waals surface area (Å²) >= 11 is 1.48. The van der Waals surface area contributed by atoms with Crippen molar-refractivity contribution >= 4 is 34.8 Å². The van der Waals surface area contributed by atoms with Gasteiger partial charge in [-0.1, -0.05) is 48.2 Å². The van der Waals surface area contributed by atoms with Gasteiger partial charge >= 0.3 is 0 Å². The molecule has 1 aromatic rings. The summed E-state index contributed by atoms with van der Waals surface area (Å²) < 4.78 is 0. The van der Waals surface area contributed by atoms with Crippen LogP contribution in [0.5, 0.6) is 0 Å². The van der Waals surface area contributed by atoms with Crippen LogP contribution in [0.1, 0.15) is 45.1 Å². The Morgan fingerprint density at radius 3 is 2.67 bits per heavy atom. The third-order valence-corrected chi connectivity index (χ3v) is 5.59. The monoisotopic (exact) mass is 343 g/mol. The SMILES string of the molecule is CC(=O)NC1=NN(C(C)=O)C2(CCCCC2=Cc2ccccc2)S1. The average molecular weight is 343 g/mol. The van der Waals surface area contributed by atoms with E-state index in [9.17, 15) is 9.59 Å². The highest BCUT2D eigenvalue weighted by Gasteiger charge is 2.49. The van der Waals surface area contributed by atoms with E-state index in [4.69, 9.17) is 0 Å². The zero-order valence-electron chi connectivity index (χ0n) is 13.9. The molecule has 3 rings (SSSR count). The van der Waals surface area contributed by atoms with Gasteiger partial charge in [0.2, 0.25) is 11.8 Å². The van der Waals surface area contributed by atoms with E-state index in [0.717, 1.165) is 31.2 Å². The molecule has 1 spiro atoms. The molecule has 126 valence electrons. The molecule has 1 unspecified atom stereocenters. The molecule has 2 amide bonds. The number of thioether (sulfide) groups is 1. The van der Waals surface area contributed by atoms with Gasteiger partial charge in [-0.3, -0.25) is 9.59 Å². The lowest BCUT2D eigenvalue weighted by Gasteiger charge is -2.40. The summed E-state index contributed by atoms with van der Waals surface area (Å²) in [5, 5.41) is 9.17. The van der Waals surface area contributed by atoms with Crippen LogP contribution in [0, 0.1) is 0 Å². The van der Waals surface area contributed by atoms with Crippen molar-refractivity contribution in [3.63, 3.8) is 0 Å². The standard InChI is InChI=1S/C18H21N3O2S/c1-13(22)19-17-20-21(14(2)23)18(24-17)11-7-6-10-16(18)12-15-8-4-3-5-9-15/h3-5,8-9,12H,6-7,10-11H2,1-2H3,(H,19,20,22). The van der Waals surface area contributed by atoms with Gasteiger partial charge < -0.3 is 5.32 Å². The highest BCUT2D eigenvalue weighted by atomic mass is 32.2. The van der Waals surface area contributed by atoms with Crippen molar-refractivity contribution in [2.24, 2.45) is 5.10 Å². The predicted molar refractivity (Wildman–Crippen MR) is 97.0 cm³/mol. The Morgan fingerprint density at radius 1 is 1.25 bits per heavy atom. The summed E-state index contributed by atoms with van der Waals surface area (Å²) in [6.07, 6.45) is 6.05. The first-order valence-corrected chi connectivity index (χ1v) is 8.95. The molecule has 1 aliphatic carbocycles. The number of benzene rings is 1. The number of carbonyl (C=O) groups excluding carboxylic acids is 2. The van der Waals surface area contributed by atoms with Gasteiger partial charge in [-0.2, -0.15) is 0 Å². The van der Waals surface area contributed by atoms with Crippen LogP contribution in [0.4, 0.5) is 0 Å². The van der Waals surface area contributed by atoms with Crippen LogP contribution >= 0.6 is 11.8 Å². The minimum Gasteiger partial charge on any atom is -0.304 e. The molecule has 1 saturated carbocycles. The first kappa shape index (κ1) is 16.8. The first-order chi connectivity index (χ1) is 11.5. The van der Waals surface area contributed by atoms with E-state index in [1.54, 1.807) is 5.01 Å². The molecule has 1 atom stereocenters. The largest absolute Gasteiger partial charge is 0.304 e. The highest BCUT2D eigenvalue weighted by molar-refractivity contribution is 8.15. The lowest BCUT2D eigenvalue weighted by molar-refractivity contribution is -0.131. The number of rotatable bonds is 1. The Morgan fingerprint density at radius 2 is 2.00 bits per heavy atom. The average Bonchev–Trinajstić information content (AvgIpc) is 2.89. The van der Waals surface area contributed by atoms with Crippen LogP contribution in [0.3, 0.4) is 0 Å². The van der Waals surface area contributed by atoms with Gasteiger partial charge in [0.15, 0.2) is 5.17 Å². The van der Waals surface area contributed by atoms with Crippen LogP contribution in [0.25, 0.3) is 6.08 Å². The third kappa shape index (κ3) is 3.24. The van der Waals surface area contributed by atoms with Crippen molar-refractivity contribution in [1.29, 1.82) is 0 Å². The van der Waals surface area contributed by atoms with Crippen molar-refractivity contribution in [3.05, 3.63) is 41.5 Å². The van der Waals surface area contributed by atoms with Crippen LogP contribution in [-0.4, -0.2) is 26.9 Å². The number of amidine groups is 1.